The summed E-state index contributed by atoms with van der Waals surface area (Å²) in [6, 6.07) is 16.1. The van der Waals surface area contributed by atoms with E-state index in [9.17, 15) is 0 Å². The van der Waals surface area contributed by atoms with Crippen molar-refractivity contribution < 1.29 is 0 Å². The van der Waals surface area contributed by atoms with E-state index >= 15 is 0 Å². The van der Waals surface area contributed by atoms with E-state index in [1.165, 1.54) is 0 Å². The predicted octanol–water partition coefficient (Wildman–Crippen LogP) is 4.54. The highest BCUT2D eigenvalue weighted by atomic mass is 32.2. The van der Waals surface area contributed by atoms with Crippen molar-refractivity contribution in [3.8, 4) is 0 Å². The number of thioether (sulfide) groups is 1. The molecule has 6 heteroatoms. The van der Waals surface area contributed by atoms with E-state index in [4.69, 9.17) is 9.97 Å². The lowest BCUT2D eigenvalue weighted by Crippen LogP contribution is -2.34. The Kier molecular flexibility index (Phi) is 5.37. The number of likely N-dealkylation sites (tertiary alicyclic amines) is 1. The maximum Gasteiger partial charge on any atom is 0.115 e. The molecule has 2 aromatic heterocycles. The summed E-state index contributed by atoms with van der Waals surface area (Å²) in [4.78, 5) is 21.2. The van der Waals surface area contributed by atoms with Crippen molar-refractivity contribution in [2.24, 2.45) is 0 Å². The van der Waals surface area contributed by atoms with Crippen LogP contribution < -0.4 is 0 Å². The maximum atomic E-state index is 4.85. The normalized spacial score (nSPS) is 15.9. The van der Waals surface area contributed by atoms with E-state index in [-0.39, 0.29) is 0 Å². The molecule has 3 heterocycles. The van der Waals surface area contributed by atoms with Gasteiger partial charge in [0.15, 0.2) is 0 Å². The van der Waals surface area contributed by atoms with Crippen LogP contribution >= 0.6 is 11.8 Å². The predicted molar refractivity (Wildman–Crippen MR) is 118 cm³/mol. The first-order valence-corrected chi connectivity index (χ1v) is 11.1. The van der Waals surface area contributed by atoms with Crippen molar-refractivity contribution in [3.63, 3.8) is 0 Å². The van der Waals surface area contributed by atoms with Gasteiger partial charge in [-0.25, -0.2) is 9.97 Å². The largest absolute Gasteiger partial charge is 0.302 e. The summed E-state index contributed by atoms with van der Waals surface area (Å²) in [6.07, 6.45) is 6.15. The zero-order chi connectivity index (χ0) is 19.5. The van der Waals surface area contributed by atoms with Gasteiger partial charge in [0.2, 0.25) is 0 Å². The Morgan fingerprint density at radius 2 is 1.41 bits per heavy atom. The SMILES string of the molecule is c1ccc2nc(SCCN3CCC(c4cnc5ccccc5n4)CC3)cnc2c1. The number of para-hydroxylation sites is 4. The molecule has 1 saturated heterocycles. The third-order valence-electron chi connectivity index (χ3n) is 5.56. The van der Waals surface area contributed by atoms with Gasteiger partial charge in [-0.05, 0) is 50.2 Å². The minimum atomic E-state index is 0.516. The van der Waals surface area contributed by atoms with E-state index in [2.05, 4.69) is 14.9 Å². The molecule has 0 amide bonds. The summed E-state index contributed by atoms with van der Waals surface area (Å²) in [6.45, 7) is 3.31. The van der Waals surface area contributed by atoms with Crippen molar-refractivity contribution in [3.05, 3.63) is 66.6 Å². The third-order valence-corrected chi connectivity index (χ3v) is 6.44. The van der Waals surface area contributed by atoms with Gasteiger partial charge in [0, 0.05) is 24.4 Å². The van der Waals surface area contributed by atoms with Crippen LogP contribution in [0.25, 0.3) is 22.1 Å². The number of benzene rings is 2. The van der Waals surface area contributed by atoms with Gasteiger partial charge in [-0.1, -0.05) is 24.3 Å². The number of nitrogens with zero attached hydrogens (tertiary/aromatic N) is 5. The first kappa shape index (κ1) is 18.5. The molecule has 1 fully saturated rings. The van der Waals surface area contributed by atoms with Gasteiger partial charge in [-0.3, -0.25) is 9.97 Å². The van der Waals surface area contributed by atoms with Gasteiger partial charge in [0.25, 0.3) is 0 Å². The molecule has 29 heavy (non-hydrogen) atoms. The van der Waals surface area contributed by atoms with Crippen LogP contribution in [0.15, 0.2) is 66.0 Å². The molecule has 0 aliphatic carbocycles. The molecule has 1 aliphatic heterocycles. The summed E-state index contributed by atoms with van der Waals surface area (Å²) in [5, 5.41) is 1.00. The van der Waals surface area contributed by atoms with Crippen molar-refractivity contribution in [1.82, 2.24) is 24.8 Å². The van der Waals surface area contributed by atoms with Gasteiger partial charge in [0.1, 0.15) is 5.03 Å². The fraction of sp³-hybridized carbons (Fsp3) is 0.304. The molecule has 0 spiro atoms. The van der Waals surface area contributed by atoms with Crippen LogP contribution in [0.3, 0.4) is 0 Å². The number of hydrogen-bond acceptors (Lipinski definition) is 6. The molecule has 146 valence electrons. The van der Waals surface area contributed by atoms with Crippen LogP contribution in [-0.4, -0.2) is 50.2 Å². The van der Waals surface area contributed by atoms with Crippen molar-refractivity contribution in [2.45, 2.75) is 23.8 Å². The average Bonchev–Trinajstić information content (AvgIpc) is 2.79. The second kappa shape index (κ2) is 8.43. The standard InChI is InChI=1S/C23H23N5S/c1-3-7-20-18(5-1)24-15-22(26-20)17-9-11-28(12-10-17)13-14-29-23-16-25-19-6-2-4-8-21(19)27-23/h1-8,15-17H,9-14H2. The molecule has 2 aromatic carbocycles. The maximum absolute atomic E-state index is 4.85. The molecule has 0 atom stereocenters. The lowest BCUT2D eigenvalue weighted by molar-refractivity contribution is 0.222. The number of hydrogen-bond donors (Lipinski definition) is 0. The highest BCUT2D eigenvalue weighted by molar-refractivity contribution is 7.99. The average molecular weight is 402 g/mol. The van der Waals surface area contributed by atoms with Crippen molar-refractivity contribution in [2.75, 3.05) is 25.4 Å². The number of piperidine rings is 1. The molecule has 5 rings (SSSR count). The number of fused-ring (bicyclic) bond motifs is 2. The fourth-order valence-electron chi connectivity index (χ4n) is 3.91. The van der Waals surface area contributed by atoms with E-state index in [1.54, 1.807) is 11.8 Å². The highest BCUT2D eigenvalue weighted by Gasteiger charge is 2.22. The summed E-state index contributed by atoms with van der Waals surface area (Å²) in [5.41, 5.74) is 5.04. The lowest BCUT2D eigenvalue weighted by Gasteiger charge is -2.31. The Balaban J connectivity index is 1.13. The third kappa shape index (κ3) is 4.23. The molecule has 0 radical (unpaired) electrons. The monoisotopic (exact) mass is 401 g/mol. The Bertz CT molecular complexity index is 1120. The molecule has 0 unspecified atom stereocenters. The molecular weight excluding hydrogens is 378 g/mol. The molecule has 0 N–H and O–H groups in total. The first-order valence-electron chi connectivity index (χ1n) is 10.1. The van der Waals surface area contributed by atoms with Gasteiger partial charge in [0.05, 0.1) is 34.0 Å². The smallest absolute Gasteiger partial charge is 0.115 e. The highest BCUT2D eigenvalue weighted by Crippen LogP contribution is 2.27. The Morgan fingerprint density at radius 3 is 2.14 bits per heavy atom. The van der Waals surface area contributed by atoms with Crippen LogP contribution in [0.5, 0.6) is 0 Å². The summed E-state index contributed by atoms with van der Waals surface area (Å²) >= 11 is 1.79. The molecular formula is C23H23N5S. The fourth-order valence-corrected chi connectivity index (χ4v) is 4.76. The Labute approximate surface area is 174 Å². The van der Waals surface area contributed by atoms with Gasteiger partial charge in [-0.15, -0.1) is 11.8 Å². The number of rotatable bonds is 5. The molecule has 0 bridgehead atoms. The van der Waals surface area contributed by atoms with Crippen LogP contribution in [0, 0.1) is 0 Å². The van der Waals surface area contributed by atoms with E-state index in [1.807, 2.05) is 60.9 Å². The topological polar surface area (TPSA) is 54.8 Å². The first-order chi connectivity index (χ1) is 14.3. The van der Waals surface area contributed by atoms with E-state index in [0.29, 0.717) is 5.92 Å². The summed E-state index contributed by atoms with van der Waals surface area (Å²) in [7, 11) is 0. The van der Waals surface area contributed by atoms with Crippen LogP contribution in [0.4, 0.5) is 0 Å². The Hall–Kier alpha value is -2.57. The zero-order valence-electron chi connectivity index (χ0n) is 16.2. The minimum absolute atomic E-state index is 0.516. The van der Waals surface area contributed by atoms with E-state index < -0.39 is 0 Å². The molecule has 0 saturated carbocycles. The van der Waals surface area contributed by atoms with Crippen molar-refractivity contribution in [1.29, 1.82) is 0 Å². The molecule has 4 aromatic rings. The van der Waals surface area contributed by atoms with Crippen LogP contribution in [0.1, 0.15) is 24.5 Å². The molecule has 1 aliphatic rings. The van der Waals surface area contributed by atoms with E-state index in [0.717, 1.165) is 71.0 Å². The van der Waals surface area contributed by atoms with Gasteiger partial charge in [-0.2, -0.15) is 0 Å². The van der Waals surface area contributed by atoms with Gasteiger partial charge >= 0.3 is 0 Å². The quantitative estimate of drug-likeness (QED) is 0.458. The second-order valence-corrected chi connectivity index (χ2v) is 8.56. The Morgan fingerprint density at radius 1 is 0.793 bits per heavy atom. The lowest BCUT2D eigenvalue weighted by atomic mass is 9.94. The molecule has 5 nitrogen and oxygen atoms in total. The minimum Gasteiger partial charge on any atom is -0.302 e. The number of aromatic nitrogens is 4. The zero-order valence-corrected chi connectivity index (χ0v) is 17.1. The van der Waals surface area contributed by atoms with Crippen LogP contribution in [-0.2, 0) is 0 Å². The van der Waals surface area contributed by atoms with Crippen molar-refractivity contribution >= 4 is 33.8 Å². The second-order valence-electron chi connectivity index (χ2n) is 7.44. The summed E-state index contributed by atoms with van der Waals surface area (Å²) < 4.78 is 0. The van der Waals surface area contributed by atoms with Gasteiger partial charge < -0.3 is 4.90 Å². The van der Waals surface area contributed by atoms with Crippen LogP contribution in [0.2, 0.25) is 0 Å². The summed E-state index contributed by atoms with van der Waals surface area (Å²) in [5.74, 6) is 1.55.